The van der Waals surface area contributed by atoms with Crippen molar-refractivity contribution >= 4 is 34.8 Å². The van der Waals surface area contributed by atoms with E-state index in [-0.39, 0.29) is 5.41 Å². The Bertz CT molecular complexity index is 353. The maximum absolute atomic E-state index is 6.02. The predicted octanol–water partition coefficient (Wildman–Crippen LogP) is 2.73. The molecule has 0 aliphatic rings. The summed E-state index contributed by atoms with van der Waals surface area (Å²) in [5.74, 6) is 0. The second kappa shape index (κ2) is 4.25. The fourth-order valence-corrected chi connectivity index (χ4v) is 1.54. The molecule has 0 radical (unpaired) electrons. The summed E-state index contributed by atoms with van der Waals surface area (Å²) in [6.07, 6.45) is 5.27. The molecule has 1 aromatic heterocycles. The number of rotatable bonds is 1. The van der Waals surface area contributed by atoms with Crippen LogP contribution in [0.15, 0.2) is 15.6 Å². The van der Waals surface area contributed by atoms with E-state index in [1.807, 2.05) is 29.1 Å². The van der Waals surface area contributed by atoms with Crippen molar-refractivity contribution in [1.82, 2.24) is 4.98 Å². The van der Waals surface area contributed by atoms with Gasteiger partial charge in [-0.05, 0) is 11.0 Å². The van der Waals surface area contributed by atoms with Crippen LogP contribution in [0.1, 0.15) is 31.9 Å². The van der Waals surface area contributed by atoms with Crippen molar-refractivity contribution in [3.8, 4) is 0 Å². The molecule has 0 saturated heterocycles. The third-order valence-corrected chi connectivity index (χ3v) is 2.29. The zero-order valence-electron chi connectivity index (χ0n) is 8.58. The molecule has 0 aliphatic carbocycles. The minimum Gasteiger partial charge on any atom is -0.398 e. The maximum atomic E-state index is 6.02. The molecule has 1 heterocycles. The van der Waals surface area contributed by atoms with E-state index in [4.69, 9.17) is 5.73 Å². The lowest BCUT2D eigenvalue weighted by molar-refractivity contribution is 0.590. The molecule has 3 nitrogen and oxygen atoms in total. The summed E-state index contributed by atoms with van der Waals surface area (Å²) < 4.78 is 3.91. The van der Waals surface area contributed by atoms with Gasteiger partial charge in [0.2, 0.25) is 0 Å². The molecule has 1 rings (SSSR count). The lowest BCUT2D eigenvalue weighted by atomic mass is 9.86. The Morgan fingerprint density at radius 2 is 2.07 bits per heavy atom. The highest BCUT2D eigenvalue weighted by Gasteiger charge is 2.18. The zero-order valence-corrected chi connectivity index (χ0v) is 10.7. The molecule has 0 atom stereocenters. The molecule has 0 amide bonds. The van der Waals surface area contributed by atoms with Crippen LogP contribution >= 0.6 is 22.9 Å². The third-order valence-electron chi connectivity index (χ3n) is 2.01. The zero-order chi connectivity index (χ0) is 10.8. The molecule has 0 aliphatic heterocycles. The van der Waals surface area contributed by atoms with Crippen molar-refractivity contribution in [2.75, 3.05) is 5.73 Å². The van der Waals surface area contributed by atoms with Gasteiger partial charge in [0.25, 0.3) is 0 Å². The highest BCUT2D eigenvalue weighted by molar-refractivity contribution is 14.1. The quantitative estimate of drug-likeness (QED) is 0.640. The molecule has 0 saturated carbocycles. The molecule has 0 aromatic carbocycles. The molecular formula is C10H14IN3. The standard InChI is InChI=1S/C10H14IN3/c1-10(2,3)8-6-13-4-7(5-14-11)9(8)12/h4-6H,1-3H3,(H2,12,13)/b14-5-. The number of halogens is 1. The average Bonchev–Trinajstić information content (AvgIpc) is 2.07. The summed E-state index contributed by atoms with van der Waals surface area (Å²) in [7, 11) is 0. The molecule has 2 N–H and O–H groups in total. The van der Waals surface area contributed by atoms with Gasteiger partial charge in [-0.3, -0.25) is 4.98 Å². The van der Waals surface area contributed by atoms with Crippen LogP contribution < -0.4 is 5.73 Å². The van der Waals surface area contributed by atoms with Crippen molar-refractivity contribution in [2.24, 2.45) is 3.21 Å². The summed E-state index contributed by atoms with van der Waals surface area (Å²) in [6, 6.07) is 0. The van der Waals surface area contributed by atoms with Crippen molar-refractivity contribution in [2.45, 2.75) is 26.2 Å². The summed E-state index contributed by atoms with van der Waals surface area (Å²) in [5.41, 5.74) is 8.75. The first-order valence-electron chi connectivity index (χ1n) is 4.35. The predicted molar refractivity (Wildman–Crippen MR) is 69.0 cm³/mol. The molecule has 0 unspecified atom stereocenters. The number of anilines is 1. The summed E-state index contributed by atoms with van der Waals surface area (Å²) in [5, 5.41) is 0. The molecule has 14 heavy (non-hydrogen) atoms. The highest BCUT2D eigenvalue weighted by Crippen LogP contribution is 2.28. The Labute approximate surface area is 98.3 Å². The topological polar surface area (TPSA) is 51.3 Å². The third kappa shape index (κ3) is 2.43. The highest BCUT2D eigenvalue weighted by atomic mass is 127. The maximum Gasteiger partial charge on any atom is 0.0831 e. The van der Waals surface area contributed by atoms with Gasteiger partial charge in [0.1, 0.15) is 0 Å². The fourth-order valence-electron chi connectivity index (χ4n) is 1.24. The van der Waals surface area contributed by atoms with Crippen LogP contribution in [0.4, 0.5) is 5.69 Å². The molecular weight excluding hydrogens is 289 g/mol. The number of nitrogens with two attached hydrogens (primary N) is 1. The Kier molecular flexibility index (Phi) is 3.47. The molecule has 4 heteroatoms. The number of hydrogen-bond acceptors (Lipinski definition) is 3. The second-order valence-corrected chi connectivity index (χ2v) is 4.72. The first kappa shape index (κ1) is 11.4. The van der Waals surface area contributed by atoms with Gasteiger partial charge < -0.3 is 5.73 Å². The van der Waals surface area contributed by atoms with Crippen molar-refractivity contribution in [3.63, 3.8) is 0 Å². The Balaban J connectivity index is 3.28. The van der Waals surface area contributed by atoms with Gasteiger partial charge in [-0.25, -0.2) is 3.21 Å². The summed E-state index contributed by atoms with van der Waals surface area (Å²) in [4.78, 5) is 4.16. The number of nitrogen functional groups attached to an aromatic ring is 1. The number of hydrogen-bond donors (Lipinski definition) is 1. The van der Waals surface area contributed by atoms with E-state index in [0.29, 0.717) is 0 Å². The van der Waals surface area contributed by atoms with Crippen LogP contribution in [0.5, 0.6) is 0 Å². The molecule has 76 valence electrons. The minimum atomic E-state index is 0.0200. The summed E-state index contributed by atoms with van der Waals surface area (Å²) >= 11 is 1.93. The number of nitrogens with zero attached hydrogens (tertiary/aromatic N) is 2. The average molecular weight is 303 g/mol. The Morgan fingerprint density at radius 3 is 2.57 bits per heavy atom. The molecule has 0 bridgehead atoms. The Morgan fingerprint density at radius 1 is 1.43 bits per heavy atom. The Hall–Kier alpha value is -0.650. The largest absolute Gasteiger partial charge is 0.398 e. The van der Waals surface area contributed by atoms with Gasteiger partial charge in [0, 0.05) is 29.9 Å². The van der Waals surface area contributed by atoms with E-state index in [1.54, 1.807) is 12.4 Å². The van der Waals surface area contributed by atoms with Crippen molar-refractivity contribution in [1.29, 1.82) is 0 Å². The first-order valence-corrected chi connectivity index (χ1v) is 5.31. The normalized spacial score (nSPS) is 12.3. The molecule has 0 spiro atoms. The van der Waals surface area contributed by atoms with Crippen molar-refractivity contribution < 1.29 is 0 Å². The van der Waals surface area contributed by atoms with E-state index < -0.39 is 0 Å². The van der Waals surface area contributed by atoms with Crippen LogP contribution in [-0.2, 0) is 5.41 Å². The monoisotopic (exact) mass is 303 g/mol. The number of pyridine rings is 1. The van der Waals surface area contributed by atoms with E-state index in [0.717, 1.165) is 16.8 Å². The lowest BCUT2D eigenvalue weighted by Gasteiger charge is -2.21. The smallest absolute Gasteiger partial charge is 0.0831 e. The van der Waals surface area contributed by atoms with Crippen LogP contribution in [0.25, 0.3) is 0 Å². The van der Waals surface area contributed by atoms with Gasteiger partial charge in [-0.15, -0.1) is 0 Å². The van der Waals surface area contributed by atoms with Gasteiger partial charge in [-0.1, -0.05) is 20.8 Å². The van der Waals surface area contributed by atoms with Gasteiger partial charge in [0.05, 0.1) is 22.9 Å². The van der Waals surface area contributed by atoms with E-state index in [2.05, 4.69) is 29.0 Å². The van der Waals surface area contributed by atoms with Crippen LogP contribution in [-0.4, -0.2) is 11.2 Å². The number of aromatic nitrogens is 1. The summed E-state index contributed by atoms with van der Waals surface area (Å²) in [6.45, 7) is 6.35. The van der Waals surface area contributed by atoms with E-state index >= 15 is 0 Å². The lowest BCUT2D eigenvalue weighted by Crippen LogP contribution is -2.15. The van der Waals surface area contributed by atoms with Crippen LogP contribution in [0, 0.1) is 0 Å². The van der Waals surface area contributed by atoms with Crippen LogP contribution in [0.3, 0.4) is 0 Å². The van der Waals surface area contributed by atoms with E-state index in [1.165, 1.54) is 0 Å². The fraction of sp³-hybridized carbons (Fsp3) is 0.400. The SMILES string of the molecule is CC(C)(C)c1cncc(/C=N\I)c1N. The molecule has 1 aromatic rings. The van der Waals surface area contributed by atoms with Crippen molar-refractivity contribution in [3.05, 3.63) is 23.5 Å². The van der Waals surface area contributed by atoms with Gasteiger partial charge in [0.15, 0.2) is 0 Å². The second-order valence-electron chi connectivity index (χ2n) is 4.17. The molecule has 0 fully saturated rings. The van der Waals surface area contributed by atoms with Crippen LogP contribution in [0.2, 0.25) is 0 Å². The minimum absolute atomic E-state index is 0.0200. The van der Waals surface area contributed by atoms with E-state index in [9.17, 15) is 0 Å². The van der Waals surface area contributed by atoms with Gasteiger partial charge >= 0.3 is 0 Å². The van der Waals surface area contributed by atoms with Gasteiger partial charge in [-0.2, -0.15) is 0 Å². The first-order chi connectivity index (χ1) is 6.46.